The monoisotopic (exact) mass is 368 g/mol. The van der Waals surface area contributed by atoms with Gasteiger partial charge in [0.1, 0.15) is 0 Å². The molecule has 1 atom stereocenters. The van der Waals surface area contributed by atoms with E-state index in [0.29, 0.717) is 12.3 Å². The molecule has 1 N–H and O–H groups in total. The smallest absolute Gasteiger partial charge is 0.220 e. The van der Waals surface area contributed by atoms with Gasteiger partial charge in [0, 0.05) is 31.3 Å². The Hall–Kier alpha value is -2.14. The van der Waals surface area contributed by atoms with E-state index in [4.69, 9.17) is 0 Å². The molecule has 0 aliphatic carbocycles. The topological polar surface area (TPSA) is 50.2 Å². The minimum Gasteiger partial charge on any atom is -0.349 e. The third-order valence-corrected chi connectivity index (χ3v) is 5.86. The normalized spacial score (nSPS) is 17.0. The van der Waals surface area contributed by atoms with Crippen molar-refractivity contribution in [2.45, 2.75) is 45.6 Å². The van der Waals surface area contributed by atoms with Crippen LogP contribution in [0.5, 0.6) is 0 Å². The van der Waals surface area contributed by atoms with E-state index in [1.165, 1.54) is 5.56 Å². The van der Waals surface area contributed by atoms with Crippen LogP contribution in [0.2, 0.25) is 0 Å². The fraction of sp³-hybridized carbons (Fsp3) is 0.545. The number of hydrogen-bond donors (Lipinski definition) is 1. The molecule has 5 heteroatoms. The van der Waals surface area contributed by atoms with Crippen molar-refractivity contribution in [2.24, 2.45) is 13.0 Å². The molecule has 0 unspecified atom stereocenters. The van der Waals surface area contributed by atoms with Gasteiger partial charge >= 0.3 is 0 Å². The van der Waals surface area contributed by atoms with E-state index in [1.807, 2.05) is 31.8 Å². The third kappa shape index (κ3) is 5.42. The van der Waals surface area contributed by atoms with Crippen LogP contribution in [0.25, 0.3) is 0 Å². The summed E-state index contributed by atoms with van der Waals surface area (Å²) in [6.45, 7) is 7.38. The standard InChI is InChI=1S/C22H32N4O/c1-17(21-16-23-25(3)18(21)2)24-22(27)15-20-10-13-26(14-11-20)12-9-19-7-5-4-6-8-19/h4-8,16-17,20H,9-15H2,1-3H3,(H,24,27)/t17-/m0/s1. The van der Waals surface area contributed by atoms with Gasteiger partial charge in [-0.1, -0.05) is 30.3 Å². The molecule has 0 bridgehead atoms. The summed E-state index contributed by atoms with van der Waals surface area (Å²) in [5.41, 5.74) is 3.61. The predicted octanol–water partition coefficient (Wildman–Crippen LogP) is 3.25. The number of hydrogen-bond acceptors (Lipinski definition) is 3. The van der Waals surface area contributed by atoms with Crippen LogP contribution in [0.3, 0.4) is 0 Å². The van der Waals surface area contributed by atoms with Crippen LogP contribution in [-0.4, -0.2) is 40.2 Å². The summed E-state index contributed by atoms with van der Waals surface area (Å²) in [5.74, 6) is 0.661. The minimum atomic E-state index is 0.0113. The van der Waals surface area contributed by atoms with Gasteiger partial charge in [-0.15, -0.1) is 0 Å². The number of nitrogens with one attached hydrogen (secondary N) is 1. The number of likely N-dealkylation sites (tertiary alicyclic amines) is 1. The fourth-order valence-electron chi connectivity index (χ4n) is 3.93. The maximum atomic E-state index is 12.5. The molecule has 0 saturated carbocycles. The van der Waals surface area contributed by atoms with Crippen LogP contribution >= 0.6 is 0 Å². The Bertz CT molecular complexity index is 732. The molecule has 0 spiro atoms. The molecule has 2 heterocycles. The summed E-state index contributed by atoms with van der Waals surface area (Å²) in [6.07, 6.45) is 5.82. The molecular weight excluding hydrogens is 336 g/mol. The number of nitrogens with zero attached hydrogens (tertiary/aromatic N) is 3. The zero-order chi connectivity index (χ0) is 19.2. The Kier molecular flexibility index (Phi) is 6.67. The van der Waals surface area contributed by atoms with E-state index >= 15 is 0 Å². The van der Waals surface area contributed by atoms with Crippen molar-refractivity contribution in [2.75, 3.05) is 19.6 Å². The zero-order valence-electron chi connectivity index (χ0n) is 16.8. The lowest BCUT2D eigenvalue weighted by molar-refractivity contribution is -0.123. The molecule has 2 aromatic rings. The molecule has 1 aliphatic rings. The summed E-state index contributed by atoms with van der Waals surface area (Å²) < 4.78 is 1.85. The Balaban J connectivity index is 1.38. The number of aryl methyl sites for hydroxylation is 1. The quantitative estimate of drug-likeness (QED) is 0.816. The fourth-order valence-corrected chi connectivity index (χ4v) is 3.93. The first kappa shape index (κ1) is 19.6. The summed E-state index contributed by atoms with van der Waals surface area (Å²) in [4.78, 5) is 15.0. The number of amides is 1. The second kappa shape index (κ2) is 9.18. The molecule has 1 amide bonds. The molecule has 1 saturated heterocycles. The molecule has 0 radical (unpaired) electrons. The van der Waals surface area contributed by atoms with E-state index in [1.54, 1.807) is 0 Å². The van der Waals surface area contributed by atoms with Crippen molar-refractivity contribution >= 4 is 5.91 Å². The van der Waals surface area contributed by atoms with Gasteiger partial charge in [-0.05, 0) is 57.7 Å². The number of carbonyl (C=O) groups excluding carboxylic acids is 1. The highest BCUT2D eigenvalue weighted by atomic mass is 16.1. The van der Waals surface area contributed by atoms with Crippen LogP contribution in [0.1, 0.15) is 49.0 Å². The highest BCUT2D eigenvalue weighted by molar-refractivity contribution is 5.76. The van der Waals surface area contributed by atoms with Crippen molar-refractivity contribution in [1.29, 1.82) is 0 Å². The first-order valence-electron chi connectivity index (χ1n) is 10.1. The maximum Gasteiger partial charge on any atom is 0.220 e. The van der Waals surface area contributed by atoms with E-state index in [0.717, 1.165) is 50.2 Å². The molecule has 5 nitrogen and oxygen atoms in total. The first-order chi connectivity index (χ1) is 13.0. The lowest BCUT2D eigenvalue weighted by Crippen LogP contribution is -2.37. The zero-order valence-corrected chi connectivity index (χ0v) is 16.8. The maximum absolute atomic E-state index is 12.5. The second-order valence-corrected chi connectivity index (χ2v) is 7.82. The second-order valence-electron chi connectivity index (χ2n) is 7.82. The van der Waals surface area contributed by atoms with Gasteiger partial charge in [-0.2, -0.15) is 5.10 Å². The number of carbonyl (C=O) groups is 1. The lowest BCUT2D eigenvalue weighted by atomic mass is 9.92. The Morgan fingerprint density at radius 1 is 1.26 bits per heavy atom. The SMILES string of the molecule is Cc1c([C@H](C)NC(=O)CC2CCN(CCc3ccccc3)CC2)cnn1C. The summed E-state index contributed by atoms with van der Waals surface area (Å²) in [6, 6.07) is 10.7. The molecule has 3 rings (SSSR count). The molecular formula is C22H32N4O. The largest absolute Gasteiger partial charge is 0.349 e. The number of benzene rings is 1. The average Bonchev–Trinajstić information content (AvgIpc) is 3.01. The molecule has 1 aliphatic heterocycles. The molecule has 146 valence electrons. The molecule has 27 heavy (non-hydrogen) atoms. The van der Waals surface area contributed by atoms with Crippen molar-refractivity contribution < 1.29 is 4.79 Å². The van der Waals surface area contributed by atoms with E-state index in [2.05, 4.69) is 45.6 Å². The molecule has 1 aromatic carbocycles. The summed E-state index contributed by atoms with van der Waals surface area (Å²) in [7, 11) is 1.93. The van der Waals surface area contributed by atoms with Gasteiger partial charge in [-0.3, -0.25) is 9.48 Å². The summed E-state index contributed by atoms with van der Waals surface area (Å²) >= 11 is 0. The third-order valence-electron chi connectivity index (χ3n) is 5.86. The van der Waals surface area contributed by atoms with Crippen molar-refractivity contribution in [3.63, 3.8) is 0 Å². The highest BCUT2D eigenvalue weighted by Gasteiger charge is 2.22. The van der Waals surface area contributed by atoms with Crippen LogP contribution in [0.15, 0.2) is 36.5 Å². The van der Waals surface area contributed by atoms with E-state index in [9.17, 15) is 4.79 Å². The van der Waals surface area contributed by atoms with Gasteiger partial charge in [0.05, 0.1) is 12.2 Å². The van der Waals surface area contributed by atoms with Gasteiger partial charge < -0.3 is 10.2 Å². The summed E-state index contributed by atoms with van der Waals surface area (Å²) in [5, 5.41) is 7.42. The minimum absolute atomic E-state index is 0.0113. The van der Waals surface area contributed by atoms with E-state index in [-0.39, 0.29) is 11.9 Å². The van der Waals surface area contributed by atoms with E-state index < -0.39 is 0 Å². The van der Waals surface area contributed by atoms with Gasteiger partial charge in [0.2, 0.25) is 5.91 Å². The highest BCUT2D eigenvalue weighted by Crippen LogP contribution is 2.22. The number of rotatable bonds is 7. The number of piperidine rings is 1. The van der Waals surface area contributed by atoms with Gasteiger partial charge in [-0.25, -0.2) is 0 Å². The van der Waals surface area contributed by atoms with Crippen molar-refractivity contribution in [3.8, 4) is 0 Å². The van der Waals surface area contributed by atoms with Crippen LogP contribution in [0.4, 0.5) is 0 Å². The van der Waals surface area contributed by atoms with Gasteiger partial charge in [0.15, 0.2) is 0 Å². The predicted molar refractivity (Wildman–Crippen MR) is 108 cm³/mol. The van der Waals surface area contributed by atoms with Crippen molar-refractivity contribution in [3.05, 3.63) is 53.3 Å². The van der Waals surface area contributed by atoms with Crippen LogP contribution in [0, 0.1) is 12.8 Å². The van der Waals surface area contributed by atoms with Crippen LogP contribution in [-0.2, 0) is 18.3 Å². The Morgan fingerprint density at radius 3 is 2.59 bits per heavy atom. The first-order valence-corrected chi connectivity index (χ1v) is 10.1. The van der Waals surface area contributed by atoms with Crippen molar-refractivity contribution in [1.82, 2.24) is 20.0 Å². The molecule has 1 aromatic heterocycles. The lowest BCUT2D eigenvalue weighted by Gasteiger charge is -2.31. The van der Waals surface area contributed by atoms with Crippen LogP contribution < -0.4 is 5.32 Å². The van der Waals surface area contributed by atoms with Gasteiger partial charge in [0.25, 0.3) is 0 Å². The Labute approximate surface area is 162 Å². The Morgan fingerprint density at radius 2 is 1.96 bits per heavy atom. The number of aromatic nitrogens is 2. The average molecular weight is 369 g/mol. The molecule has 1 fully saturated rings.